The number of carbonyl (C=O) groups excluding carboxylic acids is 1. The summed E-state index contributed by atoms with van der Waals surface area (Å²) in [5.41, 5.74) is 5.31. The van der Waals surface area contributed by atoms with E-state index in [-0.39, 0.29) is 5.91 Å². The lowest BCUT2D eigenvalue weighted by Gasteiger charge is -2.15. The van der Waals surface area contributed by atoms with Crippen molar-refractivity contribution in [2.75, 3.05) is 5.32 Å². The second kappa shape index (κ2) is 7.26. The van der Waals surface area contributed by atoms with Gasteiger partial charge in [-0.3, -0.25) is 4.79 Å². The number of rotatable bonds is 5. The first-order chi connectivity index (χ1) is 10.6. The summed E-state index contributed by atoms with van der Waals surface area (Å²) in [6.07, 6.45) is 1.82. The van der Waals surface area contributed by atoms with Gasteiger partial charge in [-0.1, -0.05) is 58.0 Å². The van der Waals surface area contributed by atoms with E-state index in [0.29, 0.717) is 11.5 Å². The van der Waals surface area contributed by atoms with Crippen LogP contribution in [0, 0.1) is 0 Å². The van der Waals surface area contributed by atoms with Crippen molar-refractivity contribution in [3.63, 3.8) is 0 Å². The minimum atomic E-state index is -0.0362. The van der Waals surface area contributed by atoms with Crippen molar-refractivity contribution in [1.82, 2.24) is 0 Å². The van der Waals surface area contributed by atoms with Crippen molar-refractivity contribution in [2.24, 2.45) is 0 Å². The van der Waals surface area contributed by atoms with Crippen molar-refractivity contribution in [3.05, 3.63) is 64.7 Å². The second-order valence-corrected chi connectivity index (χ2v) is 5.89. The Kier molecular flexibility index (Phi) is 5.37. The van der Waals surface area contributed by atoms with Gasteiger partial charge < -0.3 is 5.32 Å². The molecule has 1 amide bonds. The zero-order valence-corrected chi connectivity index (χ0v) is 13.9. The van der Waals surface area contributed by atoms with Crippen LogP contribution in [0.2, 0.25) is 0 Å². The van der Waals surface area contributed by atoms with Crippen molar-refractivity contribution >= 4 is 11.6 Å². The molecule has 0 saturated carbocycles. The topological polar surface area (TPSA) is 29.1 Å². The molecule has 2 heteroatoms. The molecule has 0 aliphatic rings. The molecule has 2 rings (SSSR count). The van der Waals surface area contributed by atoms with Gasteiger partial charge in [0.25, 0.3) is 5.91 Å². The average molecular weight is 295 g/mol. The summed E-state index contributed by atoms with van der Waals surface area (Å²) < 4.78 is 0. The van der Waals surface area contributed by atoms with Gasteiger partial charge in [-0.05, 0) is 47.6 Å². The lowest BCUT2D eigenvalue weighted by molar-refractivity contribution is 0.102. The van der Waals surface area contributed by atoms with Crippen LogP contribution in [-0.2, 0) is 12.8 Å². The highest BCUT2D eigenvalue weighted by molar-refractivity contribution is 6.05. The molecule has 0 atom stereocenters. The molecular weight excluding hydrogens is 270 g/mol. The number of hydrogen-bond donors (Lipinski definition) is 1. The van der Waals surface area contributed by atoms with Crippen molar-refractivity contribution in [3.8, 4) is 0 Å². The third-order valence-corrected chi connectivity index (χ3v) is 4.08. The Bertz CT molecular complexity index is 619. The van der Waals surface area contributed by atoms with E-state index in [2.05, 4.69) is 51.2 Å². The van der Waals surface area contributed by atoms with Gasteiger partial charge in [0, 0.05) is 11.3 Å². The molecule has 0 aliphatic carbocycles. The standard InChI is InChI=1S/C20H25NO/c1-5-15-8-7-9-16(6-2)19(15)21-20(22)18-12-10-17(11-13-18)14(3)4/h7-14H,5-6H2,1-4H3,(H,21,22). The Balaban J connectivity index is 2.25. The predicted molar refractivity (Wildman–Crippen MR) is 93.7 cm³/mol. The maximum atomic E-state index is 12.5. The molecule has 0 spiro atoms. The Morgan fingerprint density at radius 2 is 1.50 bits per heavy atom. The minimum absolute atomic E-state index is 0.0362. The lowest BCUT2D eigenvalue weighted by Crippen LogP contribution is -2.15. The lowest BCUT2D eigenvalue weighted by atomic mass is 10.0. The van der Waals surface area contributed by atoms with Crippen LogP contribution in [0.25, 0.3) is 0 Å². The molecule has 22 heavy (non-hydrogen) atoms. The second-order valence-electron chi connectivity index (χ2n) is 5.89. The number of anilines is 1. The number of nitrogens with one attached hydrogen (secondary N) is 1. The molecule has 2 aromatic rings. The van der Waals surface area contributed by atoms with Gasteiger partial charge in [0.1, 0.15) is 0 Å². The fourth-order valence-electron chi connectivity index (χ4n) is 2.61. The molecule has 0 saturated heterocycles. The monoisotopic (exact) mass is 295 g/mol. The summed E-state index contributed by atoms with van der Waals surface area (Å²) in [5.74, 6) is 0.440. The smallest absolute Gasteiger partial charge is 0.255 e. The van der Waals surface area contributed by atoms with Crippen LogP contribution in [0.1, 0.15) is 60.7 Å². The molecule has 0 fully saturated rings. The van der Waals surface area contributed by atoms with Gasteiger partial charge in [0.15, 0.2) is 0 Å². The highest BCUT2D eigenvalue weighted by Crippen LogP contribution is 2.23. The largest absolute Gasteiger partial charge is 0.321 e. The normalized spacial score (nSPS) is 10.8. The Hall–Kier alpha value is -2.09. The quantitative estimate of drug-likeness (QED) is 0.808. The minimum Gasteiger partial charge on any atom is -0.321 e. The van der Waals surface area contributed by atoms with Crippen LogP contribution in [0.5, 0.6) is 0 Å². The van der Waals surface area contributed by atoms with E-state index >= 15 is 0 Å². The van der Waals surface area contributed by atoms with Gasteiger partial charge in [-0.2, -0.15) is 0 Å². The van der Waals surface area contributed by atoms with E-state index in [9.17, 15) is 4.79 Å². The highest BCUT2D eigenvalue weighted by Gasteiger charge is 2.12. The van der Waals surface area contributed by atoms with Crippen molar-refractivity contribution in [1.29, 1.82) is 0 Å². The van der Waals surface area contributed by atoms with E-state index in [1.54, 1.807) is 0 Å². The summed E-state index contributed by atoms with van der Waals surface area (Å²) in [7, 11) is 0. The van der Waals surface area contributed by atoms with Crippen LogP contribution in [0.3, 0.4) is 0 Å². The summed E-state index contributed by atoms with van der Waals surface area (Å²) in [6, 6.07) is 14.1. The van der Waals surface area contributed by atoms with Gasteiger partial charge in [-0.15, -0.1) is 0 Å². The van der Waals surface area contributed by atoms with Gasteiger partial charge in [0.2, 0.25) is 0 Å². The number of carbonyl (C=O) groups is 1. The Morgan fingerprint density at radius 3 is 1.95 bits per heavy atom. The SMILES string of the molecule is CCc1cccc(CC)c1NC(=O)c1ccc(C(C)C)cc1. The maximum absolute atomic E-state index is 12.5. The number of para-hydroxylation sites is 1. The summed E-state index contributed by atoms with van der Waals surface area (Å²) in [6.45, 7) is 8.53. The van der Waals surface area contributed by atoms with Gasteiger partial charge >= 0.3 is 0 Å². The first kappa shape index (κ1) is 16.3. The molecule has 0 heterocycles. The zero-order chi connectivity index (χ0) is 16.1. The molecule has 116 valence electrons. The highest BCUT2D eigenvalue weighted by atomic mass is 16.1. The number of amides is 1. The zero-order valence-electron chi connectivity index (χ0n) is 13.9. The Labute approximate surface area is 133 Å². The molecule has 0 bridgehead atoms. The molecule has 2 nitrogen and oxygen atoms in total. The van der Waals surface area contributed by atoms with E-state index in [0.717, 1.165) is 18.5 Å². The fraction of sp³-hybridized carbons (Fsp3) is 0.350. The number of aryl methyl sites for hydroxylation is 2. The van der Waals surface area contributed by atoms with E-state index < -0.39 is 0 Å². The van der Waals surface area contributed by atoms with E-state index in [1.165, 1.54) is 16.7 Å². The molecule has 1 N–H and O–H groups in total. The average Bonchev–Trinajstić information content (AvgIpc) is 2.55. The van der Waals surface area contributed by atoms with Gasteiger partial charge in [0.05, 0.1) is 0 Å². The first-order valence-corrected chi connectivity index (χ1v) is 8.08. The number of benzene rings is 2. The molecular formula is C20H25NO. The van der Waals surface area contributed by atoms with Crippen molar-refractivity contribution < 1.29 is 4.79 Å². The summed E-state index contributed by atoms with van der Waals surface area (Å²) in [4.78, 5) is 12.5. The van der Waals surface area contributed by atoms with E-state index in [1.807, 2.05) is 24.3 Å². The van der Waals surface area contributed by atoms with E-state index in [4.69, 9.17) is 0 Å². The van der Waals surface area contributed by atoms with Crippen LogP contribution < -0.4 is 5.32 Å². The van der Waals surface area contributed by atoms with Crippen LogP contribution in [0.15, 0.2) is 42.5 Å². The first-order valence-electron chi connectivity index (χ1n) is 8.08. The summed E-state index contributed by atoms with van der Waals surface area (Å²) >= 11 is 0. The van der Waals surface area contributed by atoms with Crippen molar-refractivity contribution in [2.45, 2.75) is 46.5 Å². The summed E-state index contributed by atoms with van der Waals surface area (Å²) in [5, 5.41) is 3.11. The van der Waals surface area contributed by atoms with Gasteiger partial charge in [-0.25, -0.2) is 0 Å². The fourth-order valence-corrected chi connectivity index (χ4v) is 2.61. The predicted octanol–water partition coefficient (Wildman–Crippen LogP) is 5.19. The van der Waals surface area contributed by atoms with Crippen LogP contribution in [0.4, 0.5) is 5.69 Å². The third-order valence-electron chi connectivity index (χ3n) is 4.08. The van der Waals surface area contributed by atoms with Crippen LogP contribution in [-0.4, -0.2) is 5.91 Å². The maximum Gasteiger partial charge on any atom is 0.255 e. The molecule has 0 aromatic heterocycles. The Morgan fingerprint density at radius 1 is 0.955 bits per heavy atom. The third kappa shape index (κ3) is 3.56. The molecule has 0 radical (unpaired) electrons. The number of hydrogen-bond acceptors (Lipinski definition) is 1. The van der Waals surface area contributed by atoms with Crippen LogP contribution >= 0.6 is 0 Å². The molecule has 0 unspecified atom stereocenters. The molecule has 0 aliphatic heterocycles. The molecule has 2 aromatic carbocycles.